The number of amides is 1. The molecule has 8 heteroatoms. The molecule has 0 saturated heterocycles. The van der Waals surface area contributed by atoms with Gasteiger partial charge in [0, 0.05) is 23.7 Å². The van der Waals surface area contributed by atoms with Gasteiger partial charge in [-0.2, -0.15) is 0 Å². The SMILES string of the molecule is CCc1nc(C)c2c(C)c(C(=O)NCc3nnc4ccccn34)sc2n1. The van der Waals surface area contributed by atoms with Gasteiger partial charge in [0.05, 0.1) is 11.4 Å². The molecule has 1 amide bonds. The maximum absolute atomic E-state index is 12.7. The Morgan fingerprint density at radius 2 is 2.08 bits per heavy atom. The lowest BCUT2D eigenvalue weighted by molar-refractivity contribution is 0.0953. The lowest BCUT2D eigenvalue weighted by Crippen LogP contribution is -2.23. The maximum Gasteiger partial charge on any atom is 0.262 e. The molecule has 0 atom stereocenters. The van der Waals surface area contributed by atoms with Crippen molar-refractivity contribution in [1.82, 2.24) is 29.9 Å². The van der Waals surface area contributed by atoms with E-state index in [1.165, 1.54) is 11.3 Å². The Morgan fingerprint density at radius 1 is 1.23 bits per heavy atom. The molecule has 4 heterocycles. The summed E-state index contributed by atoms with van der Waals surface area (Å²) in [5.41, 5.74) is 2.60. The summed E-state index contributed by atoms with van der Waals surface area (Å²) in [4.78, 5) is 23.3. The Balaban J connectivity index is 1.62. The van der Waals surface area contributed by atoms with Crippen molar-refractivity contribution >= 4 is 33.1 Å². The van der Waals surface area contributed by atoms with E-state index in [0.717, 1.165) is 39.4 Å². The molecule has 0 fully saturated rings. The Morgan fingerprint density at radius 3 is 2.88 bits per heavy atom. The largest absolute Gasteiger partial charge is 0.344 e. The number of pyridine rings is 1. The minimum absolute atomic E-state index is 0.129. The van der Waals surface area contributed by atoms with Gasteiger partial charge in [-0.05, 0) is 31.5 Å². The highest BCUT2D eigenvalue weighted by Crippen LogP contribution is 2.31. The van der Waals surface area contributed by atoms with Gasteiger partial charge in [-0.1, -0.05) is 13.0 Å². The second-order valence-electron chi connectivity index (χ2n) is 6.04. The lowest BCUT2D eigenvalue weighted by Gasteiger charge is -2.04. The number of thiophene rings is 1. The Labute approximate surface area is 154 Å². The molecule has 0 unspecified atom stereocenters. The van der Waals surface area contributed by atoms with Crippen molar-refractivity contribution in [2.24, 2.45) is 0 Å². The molecular formula is C18H18N6OS. The first-order valence-electron chi connectivity index (χ1n) is 8.42. The third-order valence-electron chi connectivity index (χ3n) is 4.33. The van der Waals surface area contributed by atoms with Crippen LogP contribution in [0.4, 0.5) is 0 Å². The lowest BCUT2D eigenvalue weighted by atomic mass is 10.1. The number of nitrogens with one attached hydrogen (secondary N) is 1. The van der Waals surface area contributed by atoms with Crippen molar-refractivity contribution < 1.29 is 4.79 Å². The summed E-state index contributed by atoms with van der Waals surface area (Å²) in [7, 11) is 0. The molecule has 0 radical (unpaired) electrons. The van der Waals surface area contributed by atoms with Gasteiger partial charge in [-0.15, -0.1) is 21.5 Å². The van der Waals surface area contributed by atoms with Crippen LogP contribution in [0.25, 0.3) is 15.9 Å². The molecule has 4 aromatic heterocycles. The highest BCUT2D eigenvalue weighted by molar-refractivity contribution is 7.20. The van der Waals surface area contributed by atoms with Crippen molar-refractivity contribution in [3.63, 3.8) is 0 Å². The van der Waals surface area contributed by atoms with E-state index in [9.17, 15) is 4.79 Å². The normalized spacial score (nSPS) is 11.3. The molecule has 0 bridgehead atoms. The number of hydrogen-bond donors (Lipinski definition) is 1. The van der Waals surface area contributed by atoms with Crippen LogP contribution in [0.15, 0.2) is 24.4 Å². The summed E-state index contributed by atoms with van der Waals surface area (Å²) in [6.07, 6.45) is 2.65. The summed E-state index contributed by atoms with van der Waals surface area (Å²) in [5, 5.41) is 12.2. The fourth-order valence-electron chi connectivity index (χ4n) is 3.02. The number of aromatic nitrogens is 5. The number of fused-ring (bicyclic) bond motifs is 2. The molecule has 0 saturated carbocycles. The van der Waals surface area contributed by atoms with Crippen LogP contribution in [0, 0.1) is 13.8 Å². The van der Waals surface area contributed by atoms with Gasteiger partial charge in [0.2, 0.25) is 0 Å². The molecule has 4 aromatic rings. The summed E-state index contributed by atoms with van der Waals surface area (Å²) in [5.74, 6) is 1.37. The Bertz CT molecular complexity index is 1130. The number of hydrogen-bond acceptors (Lipinski definition) is 6. The Hall–Kier alpha value is -2.87. The standard InChI is InChI=1S/C18H18N6OS/c1-4-12-20-11(3)15-10(2)16(26-18(15)21-12)17(25)19-9-14-23-22-13-7-5-6-8-24(13)14/h5-8H,4,9H2,1-3H3,(H,19,25). The van der Waals surface area contributed by atoms with Gasteiger partial charge in [0.25, 0.3) is 5.91 Å². The van der Waals surface area contributed by atoms with Gasteiger partial charge in [0.1, 0.15) is 10.7 Å². The maximum atomic E-state index is 12.7. The number of aryl methyl sites for hydroxylation is 3. The second-order valence-corrected chi connectivity index (χ2v) is 7.04. The topological polar surface area (TPSA) is 85.1 Å². The van der Waals surface area contributed by atoms with Gasteiger partial charge < -0.3 is 5.32 Å². The molecular weight excluding hydrogens is 348 g/mol. The monoisotopic (exact) mass is 366 g/mol. The van der Waals surface area contributed by atoms with Crippen molar-refractivity contribution in [1.29, 1.82) is 0 Å². The first-order valence-corrected chi connectivity index (χ1v) is 9.23. The van der Waals surface area contributed by atoms with E-state index in [1.54, 1.807) is 0 Å². The summed E-state index contributed by atoms with van der Waals surface area (Å²) < 4.78 is 1.86. The molecule has 0 spiro atoms. The highest BCUT2D eigenvalue weighted by Gasteiger charge is 2.19. The summed E-state index contributed by atoms with van der Waals surface area (Å²) in [6, 6.07) is 5.69. The minimum Gasteiger partial charge on any atom is -0.344 e. The molecule has 26 heavy (non-hydrogen) atoms. The van der Waals surface area contributed by atoms with E-state index in [2.05, 4.69) is 25.5 Å². The molecule has 0 aliphatic heterocycles. The van der Waals surface area contributed by atoms with Crippen molar-refractivity contribution in [3.8, 4) is 0 Å². The van der Waals surface area contributed by atoms with Crippen LogP contribution in [0.2, 0.25) is 0 Å². The number of carbonyl (C=O) groups excluding carboxylic acids is 1. The predicted octanol–water partition coefficient (Wildman–Crippen LogP) is 2.84. The van der Waals surface area contributed by atoms with Crippen molar-refractivity contribution in [3.05, 3.63) is 52.2 Å². The molecule has 132 valence electrons. The zero-order valence-electron chi connectivity index (χ0n) is 14.8. The molecule has 0 aliphatic carbocycles. The second kappa shape index (κ2) is 6.45. The van der Waals surface area contributed by atoms with Crippen LogP contribution in [-0.2, 0) is 13.0 Å². The van der Waals surface area contributed by atoms with Crippen LogP contribution in [0.1, 0.15) is 39.5 Å². The average Bonchev–Trinajstić information content (AvgIpc) is 3.21. The highest BCUT2D eigenvalue weighted by atomic mass is 32.1. The van der Waals surface area contributed by atoms with E-state index in [4.69, 9.17) is 0 Å². The fraction of sp³-hybridized carbons (Fsp3) is 0.278. The number of nitrogens with zero attached hydrogens (tertiary/aromatic N) is 5. The molecule has 1 N–H and O–H groups in total. The smallest absolute Gasteiger partial charge is 0.262 e. The van der Waals surface area contributed by atoms with E-state index in [0.29, 0.717) is 17.2 Å². The Kier molecular flexibility index (Phi) is 4.12. The van der Waals surface area contributed by atoms with Crippen LogP contribution >= 0.6 is 11.3 Å². The van der Waals surface area contributed by atoms with Crippen LogP contribution in [-0.4, -0.2) is 30.5 Å². The third kappa shape index (κ3) is 2.72. The van der Waals surface area contributed by atoms with Crippen LogP contribution < -0.4 is 5.32 Å². The number of carbonyl (C=O) groups is 1. The molecule has 7 nitrogen and oxygen atoms in total. The molecule has 0 aromatic carbocycles. The third-order valence-corrected chi connectivity index (χ3v) is 5.52. The predicted molar refractivity (Wildman–Crippen MR) is 100 cm³/mol. The average molecular weight is 366 g/mol. The van der Waals surface area contributed by atoms with Gasteiger partial charge >= 0.3 is 0 Å². The van der Waals surface area contributed by atoms with E-state index < -0.39 is 0 Å². The first kappa shape index (κ1) is 16.6. The van der Waals surface area contributed by atoms with Crippen LogP contribution in [0.5, 0.6) is 0 Å². The van der Waals surface area contributed by atoms with E-state index in [1.807, 2.05) is 49.6 Å². The van der Waals surface area contributed by atoms with Crippen molar-refractivity contribution in [2.45, 2.75) is 33.7 Å². The minimum atomic E-state index is -0.129. The van der Waals surface area contributed by atoms with Gasteiger partial charge in [-0.25, -0.2) is 9.97 Å². The molecule has 0 aliphatic rings. The van der Waals surface area contributed by atoms with E-state index >= 15 is 0 Å². The van der Waals surface area contributed by atoms with Crippen LogP contribution in [0.3, 0.4) is 0 Å². The fourth-order valence-corrected chi connectivity index (χ4v) is 4.19. The zero-order chi connectivity index (χ0) is 18.3. The summed E-state index contributed by atoms with van der Waals surface area (Å²) >= 11 is 1.41. The number of rotatable bonds is 4. The van der Waals surface area contributed by atoms with Crippen molar-refractivity contribution in [2.75, 3.05) is 0 Å². The quantitative estimate of drug-likeness (QED) is 0.600. The molecule has 4 rings (SSSR count). The first-order chi connectivity index (χ1) is 12.6. The van der Waals surface area contributed by atoms with Gasteiger partial charge in [0.15, 0.2) is 11.5 Å². The van der Waals surface area contributed by atoms with E-state index in [-0.39, 0.29) is 5.91 Å². The zero-order valence-corrected chi connectivity index (χ0v) is 15.6. The van der Waals surface area contributed by atoms with Gasteiger partial charge in [-0.3, -0.25) is 9.20 Å². The summed E-state index contributed by atoms with van der Waals surface area (Å²) in [6.45, 7) is 6.25.